The standard InChI is InChI=1S/C19H25N3O4S/c1-3-4-11-27(24,25)22-10-9-16-15(13-22)19(23)21-18(20-16)12-14-7-5-6-8-17(14)26-2/h5-8H,3-4,9-13H2,1-2H3,(H,20,21,23). The molecule has 146 valence electrons. The van der Waals surface area contributed by atoms with Gasteiger partial charge in [0.05, 0.1) is 24.1 Å². The molecule has 0 amide bonds. The predicted molar refractivity (Wildman–Crippen MR) is 103 cm³/mol. The van der Waals surface area contributed by atoms with Crippen LogP contribution in [0.5, 0.6) is 5.75 Å². The van der Waals surface area contributed by atoms with Crippen LogP contribution < -0.4 is 10.3 Å². The van der Waals surface area contributed by atoms with E-state index in [0.29, 0.717) is 42.9 Å². The van der Waals surface area contributed by atoms with E-state index in [4.69, 9.17) is 4.74 Å². The van der Waals surface area contributed by atoms with Gasteiger partial charge in [-0.25, -0.2) is 13.4 Å². The van der Waals surface area contributed by atoms with Crippen LogP contribution in [0.1, 0.15) is 42.4 Å². The first kappa shape index (κ1) is 19.6. The zero-order valence-electron chi connectivity index (χ0n) is 15.7. The highest BCUT2D eigenvalue weighted by atomic mass is 32.2. The van der Waals surface area contributed by atoms with E-state index in [-0.39, 0.29) is 17.9 Å². The number of para-hydroxylation sites is 1. The van der Waals surface area contributed by atoms with Crippen molar-refractivity contribution in [2.24, 2.45) is 0 Å². The second-order valence-corrected chi connectivity index (χ2v) is 8.77. The summed E-state index contributed by atoms with van der Waals surface area (Å²) in [6.45, 7) is 2.42. The maximum absolute atomic E-state index is 12.6. The third-order valence-electron chi connectivity index (χ3n) is 4.78. The van der Waals surface area contributed by atoms with Gasteiger partial charge < -0.3 is 9.72 Å². The lowest BCUT2D eigenvalue weighted by Gasteiger charge is -2.27. The van der Waals surface area contributed by atoms with Crippen molar-refractivity contribution in [3.05, 3.63) is 57.3 Å². The number of nitrogens with one attached hydrogen (secondary N) is 1. The van der Waals surface area contributed by atoms with Crippen LogP contribution in [0, 0.1) is 0 Å². The number of hydrogen-bond acceptors (Lipinski definition) is 5. The van der Waals surface area contributed by atoms with Gasteiger partial charge in [0.25, 0.3) is 5.56 Å². The van der Waals surface area contributed by atoms with Gasteiger partial charge in [0, 0.05) is 31.5 Å². The molecular formula is C19H25N3O4S. The minimum Gasteiger partial charge on any atom is -0.496 e. The Balaban J connectivity index is 1.83. The molecule has 1 aliphatic rings. The first-order chi connectivity index (χ1) is 12.9. The molecule has 1 aromatic carbocycles. The quantitative estimate of drug-likeness (QED) is 0.778. The van der Waals surface area contributed by atoms with Crippen molar-refractivity contribution in [1.29, 1.82) is 0 Å². The minimum absolute atomic E-state index is 0.0959. The highest BCUT2D eigenvalue weighted by molar-refractivity contribution is 7.89. The average Bonchev–Trinajstić information content (AvgIpc) is 2.66. The second kappa shape index (κ2) is 8.22. The first-order valence-corrected chi connectivity index (χ1v) is 10.8. The Morgan fingerprint density at radius 2 is 2.07 bits per heavy atom. The minimum atomic E-state index is -3.34. The van der Waals surface area contributed by atoms with E-state index in [9.17, 15) is 13.2 Å². The number of nitrogens with zero attached hydrogens (tertiary/aromatic N) is 2. The molecule has 0 aliphatic carbocycles. The Hall–Kier alpha value is -2.19. The maximum atomic E-state index is 12.6. The Labute approximate surface area is 159 Å². The van der Waals surface area contributed by atoms with Crippen LogP contribution >= 0.6 is 0 Å². The summed E-state index contributed by atoms with van der Waals surface area (Å²) in [6, 6.07) is 7.59. The SMILES string of the molecule is CCCCS(=O)(=O)N1CCc2nc(Cc3ccccc3OC)[nH]c(=O)c2C1. The summed E-state index contributed by atoms with van der Waals surface area (Å²) in [6.07, 6.45) is 2.34. The highest BCUT2D eigenvalue weighted by Crippen LogP contribution is 2.21. The van der Waals surface area contributed by atoms with Crippen LogP contribution in [0.15, 0.2) is 29.1 Å². The fraction of sp³-hybridized carbons (Fsp3) is 0.474. The molecule has 1 aromatic heterocycles. The molecule has 0 spiro atoms. The summed E-state index contributed by atoms with van der Waals surface area (Å²) in [5.74, 6) is 1.42. The van der Waals surface area contributed by atoms with Gasteiger partial charge in [0.15, 0.2) is 0 Å². The molecule has 7 nitrogen and oxygen atoms in total. The van der Waals surface area contributed by atoms with E-state index in [1.165, 1.54) is 4.31 Å². The van der Waals surface area contributed by atoms with E-state index < -0.39 is 10.0 Å². The van der Waals surface area contributed by atoms with Gasteiger partial charge in [-0.15, -0.1) is 0 Å². The molecule has 1 aliphatic heterocycles. The molecule has 27 heavy (non-hydrogen) atoms. The normalized spacial score (nSPS) is 14.7. The molecule has 8 heteroatoms. The molecule has 0 saturated carbocycles. The molecule has 0 saturated heterocycles. The Morgan fingerprint density at radius 1 is 1.30 bits per heavy atom. The fourth-order valence-electron chi connectivity index (χ4n) is 3.26. The first-order valence-electron chi connectivity index (χ1n) is 9.15. The van der Waals surface area contributed by atoms with Gasteiger partial charge >= 0.3 is 0 Å². The van der Waals surface area contributed by atoms with Gasteiger partial charge in [-0.05, 0) is 12.5 Å². The van der Waals surface area contributed by atoms with E-state index >= 15 is 0 Å². The maximum Gasteiger partial charge on any atom is 0.255 e. The summed E-state index contributed by atoms with van der Waals surface area (Å²) >= 11 is 0. The van der Waals surface area contributed by atoms with Crippen LogP contribution in [0.4, 0.5) is 0 Å². The number of fused-ring (bicyclic) bond motifs is 1. The summed E-state index contributed by atoms with van der Waals surface area (Å²) in [4.78, 5) is 20.0. The van der Waals surface area contributed by atoms with Gasteiger partial charge in [0.2, 0.25) is 10.0 Å². The molecule has 0 bridgehead atoms. The van der Waals surface area contributed by atoms with Crippen molar-refractivity contribution in [3.8, 4) is 5.75 Å². The van der Waals surface area contributed by atoms with Crippen molar-refractivity contribution in [2.75, 3.05) is 19.4 Å². The van der Waals surface area contributed by atoms with Crippen molar-refractivity contribution in [2.45, 2.75) is 39.2 Å². The molecule has 1 N–H and O–H groups in total. The van der Waals surface area contributed by atoms with Crippen LogP contribution in [0.2, 0.25) is 0 Å². The third-order valence-corrected chi connectivity index (χ3v) is 6.69. The van der Waals surface area contributed by atoms with Crippen LogP contribution in [-0.4, -0.2) is 42.1 Å². The number of aromatic amines is 1. The van der Waals surface area contributed by atoms with Crippen LogP contribution in [0.25, 0.3) is 0 Å². The lowest BCUT2D eigenvalue weighted by atomic mass is 10.1. The number of hydrogen-bond donors (Lipinski definition) is 1. The number of H-pyrrole nitrogens is 1. The number of rotatable bonds is 7. The highest BCUT2D eigenvalue weighted by Gasteiger charge is 2.29. The Kier molecular flexibility index (Phi) is 5.96. The molecule has 2 heterocycles. The predicted octanol–water partition coefficient (Wildman–Crippen LogP) is 1.86. The Morgan fingerprint density at radius 3 is 2.81 bits per heavy atom. The van der Waals surface area contributed by atoms with Crippen molar-refractivity contribution in [3.63, 3.8) is 0 Å². The van der Waals surface area contributed by atoms with E-state index in [2.05, 4.69) is 9.97 Å². The molecule has 0 atom stereocenters. The zero-order valence-corrected chi connectivity index (χ0v) is 16.5. The zero-order chi connectivity index (χ0) is 19.4. The number of unbranched alkanes of at least 4 members (excludes halogenated alkanes) is 1. The third kappa shape index (κ3) is 4.39. The molecule has 0 unspecified atom stereocenters. The van der Waals surface area contributed by atoms with E-state index in [1.54, 1.807) is 7.11 Å². The Bertz CT molecular complexity index is 969. The molecule has 0 fully saturated rings. The monoisotopic (exact) mass is 391 g/mol. The number of ether oxygens (including phenoxy) is 1. The van der Waals surface area contributed by atoms with Gasteiger partial charge in [-0.2, -0.15) is 4.31 Å². The van der Waals surface area contributed by atoms with Gasteiger partial charge in [-0.3, -0.25) is 4.79 Å². The topological polar surface area (TPSA) is 92.4 Å². The largest absolute Gasteiger partial charge is 0.496 e. The van der Waals surface area contributed by atoms with Crippen molar-refractivity contribution in [1.82, 2.24) is 14.3 Å². The summed E-state index contributed by atoms with van der Waals surface area (Å²) in [5, 5.41) is 0. The van der Waals surface area contributed by atoms with Crippen molar-refractivity contribution < 1.29 is 13.2 Å². The smallest absolute Gasteiger partial charge is 0.255 e. The average molecular weight is 391 g/mol. The number of aromatic nitrogens is 2. The number of methoxy groups -OCH3 is 1. The van der Waals surface area contributed by atoms with Crippen LogP contribution in [0.3, 0.4) is 0 Å². The fourth-order valence-corrected chi connectivity index (χ4v) is 4.87. The molecular weight excluding hydrogens is 366 g/mol. The van der Waals surface area contributed by atoms with Crippen LogP contribution in [-0.2, 0) is 29.4 Å². The number of benzene rings is 1. The summed E-state index contributed by atoms with van der Waals surface area (Å²) < 4.78 is 31.6. The molecule has 2 aromatic rings. The summed E-state index contributed by atoms with van der Waals surface area (Å²) in [5.41, 5.74) is 1.80. The summed E-state index contributed by atoms with van der Waals surface area (Å²) in [7, 11) is -1.73. The van der Waals surface area contributed by atoms with Crippen molar-refractivity contribution >= 4 is 10.0 Å². The second-order valence-electron chi connectivity index (χ2n) is 6.68. The molecule has 0 radical (unpaired) electrons. The lowest BCUT2D eigenvalue weighted by Crippen LogP contribution is -2.40. The van der Waals surface area contributed by atoms with Gasteiger partial charge in [0.1, 0.15) is 11.6 Å². The number of sulfonamides is 1. The lowest BCUT2D eigenvalue weighted by molar-refractivity contribution is 0.383. The van der Waals surface area contributed by atoms with E-state index in [1.807, 2.05) is 31.2 Å². The molecule has 3 rings (SSSR count). The van der Waals surface area contributed by atoms with E-state index in [0.717, 1.165) is 17.7 Å². The van der Waals surface area contributed by atoms with Gasteiger partial charge in [-0.1, -0.05) is 31.5 Å².